The van der Waals surface area contributed by atoms with Gasteiger partial charge in [-0.25, -0.2) is 13.8 Å². The average molecular weight is 697 g/mol. The average Bonchev–Trinajstić information content (AvgIpc) is 3.15. The molecule has 0 aliphatic carbocycles. The summed E-state index contributed by atoms with van der Waals surface area (Å²) < 4.78 is 51.3. The van der Waals surface area contributed by atoms with Gasteiger partial charge in [-0.3, -0.25) is 9.59 Å². The molecule has 1 aliphatic rings. The molecule has 1 saturated heterocycles. The van der Waals surface area contributed by atoms with Gasteiger partial charge < -0.3 is 34.6 Å². The zero-order chi connectivity index (χ0) is 35.9. The lowest BCUT2D eigenvalue weighted by Gasteiger charge is -2.28. The molecule has 2 aromatic heterocycles. The van der Waals surface area contributed by atoms with E-state index in [1.54, 1.807) is 37.6 Å². The van der Waals surface area contributed by atoms with E-state index in [4.69, 9.17) is 24.7 Å². The van der Waals surface area contributed by atoms with Crippen molar-refractivity contribution in [3.63, 3.8) is 0 Å². The summed E-state index contributed by atoms with van der Waals surface area (Å²) in [5.41, 5.74) is 9.62. The highest BCUT2D eigenvalue weighted by atomic mass is 19.1. The lowest BCUT2D eigenvalue weighted by molar-refractivity contribution is -0.113. The maximum absolute atomic E-state index is 13.5. The van der Waals surface area contributed by atoms with Crippen LogP contribution in [-0.4, -0.2) is 61.8 Å². The maximum atomic E-state index is 13.5. The molecule has 0 unspecified atom stereocenters. The Balaban J connectivity index is 1.18. The summed E-state index contributed by atoms with van der Waals surface area (Å²) in [6, 6.07) is 19.8. The second-order valence-electron chi connectivity index (χ2n) is 12.2. The summed E-state index contributed by atoms with van der Waals surface area (Å²) in [5, 5.41) is 2.75. The Morgan fingerprint density at radius 3 is 2.41 bits per heavy atom. The Hall–Kier alpha value is -5.59. The van der Waals surface area contributed by atoms with Gasteiger partial charge in [0, 0.05) is 46.9 Å². The molecule has 3 N–H and O–H groups in total. The first-order valence-electron chi connectivity index (χ1n) is 16.5. The number of aromatic nitrogens is 2. The van der Waals surface area contributed by atoms with Crippen LogP contribution in [0.4, 0.5) is 20.3 Å². The smallest absolute Gasteiger partial charge is 0.261 e. The van der Waals surface area contributed by atoms with Gasteiger partial charge in [-0.1, -0.05) is 37.3 Å². The standard InChI is InChI=1S/C39H38F2N4O6/c1-24(36-23-49-15-16-50-36)22-51-34-12-7-27(18-35(34)48-2)28-17-31(38(42)43-19-28)25-5-10-30(11-6-25)44-39(47)33-21-45(14-13-40)20-32(37(33)46)26-3-8-29(41)9-4-26/h3-12,17-21,24,36H,13-16,22-23H2,1-2H3,(H2,42,43)(H,44,47)/t24-,36-/m1/s1. The minimum absolute atomic E-state index is 0.0222. The van der Waals surface area contributed by atoms with Crippen LogP contribution in [0.15, 0.2) is 96.2 Å². The van der Waals surface area contributed by atoms with E-state index in [-0.39, 0.29) is 29.7 Å². The number of nitrogens with zero attached hydrogens (tertiary/aromatic N) is 2. The number of carbonyl (C=O) groups is 1. The topological polar surface area (TPSA) is 127 Å². The molecule has 0 saturated carbocycles. The van der Waals surface area contributed by atoms with Crippen LogP contribution in [0.5, 0.6) is 11.5 Å². The van der Waals surface area contributed by atoms with E-state index < -0.39 is 23.8 Å². The fourth-order valence-electron chi connectivity index (χ4n) is 5.78. The fraction of sp³-hybridized carbons (Fsp3) is 0.256. The summed E-state index contributed by atoms with van der Waals surface area (Å²) in [6.07, 6.45) is 4.43. The Kier molecular flexibility index (Phi) is 11.0. The second-order valence-corrected chi connectivity index (χ2v) is 12.2. The number of hydrogen-bond donors (Lipinski definition) is 2. The van der Waals surface area contributed by atoms with Gasteiger partial charge in [-0.05, 0) is 59.2 Å². The van der Waals surface area contributed by atoms with Gasteiger partial charge in [-0.2, -0.15) is 0 Å². The van der Waals surface area contributed by atoms with Crippen molar-refractivity contribution in [1.29, 1.82) is 0 Å². The number of pyridine rings is 2. The molecule has 0 spiro atoms. The number of nitrogens with two attached hydrogens (primary N) is 1. The molecule has 12 heteroatoms. The largest absolute Gasteiger partial charge is 0.493 e. The van der Waals surface area contributed by atoms with Crippen molar-refractivity contribution >= 4 is 17.4 Å². The number of alkyl halides is 1. The van der Waals surface area contributed by atoms with E-state index in [2.05, 4.69) is 17.2 Å². The zero-order valence-corrected chi connectivity index (χ0v) is 28.2. The minimum atomic E-state index is -0.701. The number of nitrogen functional groups attached to an aromatic ring is 1. The Bertz CT molecular complexity index is 2050. The van der Waals surface area contributed by atoms with Crippen LogP contribution < -0.4 is 26.0 Å². The van der Waals surface area contributed by atoms with Crippen molar-refractivity contribution in [3.8, 4) is 44.9 Å². The first-order chi connectivity index (χ1) is 24.7. The fourth-order valence-corrected chi connectivity index (χ4v) is 5.78. The molecule has 1 amide bonds. The van der Waals surface area contributed by atoms with Crippen LogP contribution in [0.3, 0.4) is 0 Å². The Morgan fingerprint density at radius 2 is 1.71 bits per heavy atom. The van der Waals surface area contributed by atoms with E-state index >= 15 is 0 Å². The summed E-state index contributed by atoms with van der Waals surface area (Å²) >= 11 is 0. The van der Waals surface area contributed by atoms with Gasteiger partial charge >= 0.3 is 0 Å². The van der Waals surface area contributed by atoms with Crippen molar-refractivity contribution in [2.24, 2.45) is 5.92 Å². The predicted molar refractivity (Wildman–Crippen MR) is 191 cm³/mol. The molecular weight excluding hydrogens is 658 g/mol. The highest BCUT2D eigenvalue weighted by Crippen LogP contribution is 2.36. The van der Waals surface area contributed by atoms with Gasteiger partial charge in [0.05, 0.1) is 46.2 Å². The molecule has 6 rings (SSSR count). The molecule has 0 bridgehead atoms. The number of amides is 1. The third-order valence-electron chi connectivity index (χ3n) is 8.67. The number of carbonyl (C=O) groups excluding carboxylic acids is 1. The molecule has 2 atom stereocenters. The number of rotatable bonds is 12. The monoisotopic (exact) mass is 696 g/mol. The first-order valence-corrected chi connectivity index (χ1v) is 16.5. The summed E-state index contributed by atoms with van der Waals surface area (Å²) in [4.78, 5) is 31.1. The van der Waals surface area contributed by atoms with Gasteiger partial charge in [0.1, 0.15) is 23.9 Å². The molecule has 10 nitrogen and oxygen atoms in total. The third-order valence-corrected chi connectivity index (χ3v) is 8.67. The summed E-state index contributed by atoms with van der Waals surface area (Å²) in [5.74, 6) is 0.483. The van der Waals surface area contributed by atoms with Crippen molar-refractivity contribution in [2.45, 2.75) is 19.6 Å². The van der Waals surface area contributed by atoms with E-state index in [0.29, 0.717) is 60.6 Å². The van der Waals surface area contributed by atoms with Crippen LogP contribution in [-0.2, 0) is 16.0 Å². The molecule has 1 aliphatic heterocycles. The number of benzene rings is 3. The number of halogens is 2. The first kappa shape index (κ1) is 35.2. The maximum Gasteiger partial charge on any atom is 0.261 e. The van der Waals surface area contributed by atoms with Gasteiger partial charge in [0.25, 0.3) is 5.91 Å². The summed E-state index contributed by atoms with van der Waals surface area (Å²) in [6.45, 7) is 3.47. The van der Waals surface area contributed by atoms with E-state index in [1.165, 1.54) is 41.2 Å². The van der Waals surface area contributed by atoms with E-state index in [1.807, 2.05) is 24.3 Å². The van der Waals surface area contributed by atoms with Crippen LogP contribution in [0, 0.1) is 11.7 Å². The SMILES string of the molecule is COc1cc(-c2cnc(N)c(-c3ccc(NC(=O)c4cn(CCF)cc(-c5ccc(F)cc5)c4=O)cc3)c2)ccc1OC[C@@H](C)[C@H]1COCCO1. The molecule has 3 heterocycles. The molecule has 51 heavy (non-hydrogen) atoms. The molecule has 264 valence electrons. The lowest BCUT2D eigenvalue weighted by atomic mass is 10.0. The van der Waals surface area contributed by atoms with Crippen molar-refractivity contribution < 1.29 is 32.5 Å². The normalized spacial score (nSPS) is 14.9. The number of nitrogens with one attached hydrogen (secondary N) is 1. The Labute approximate surface area is 293 Å². The van der Waals surface area contributed by atoms with Gasteiger partial charge in [0.2, 0.25) is 5.43 Å². The molecule has 0 radical (unpaired) electrons. The van der Waals surface area contributed by atoms with Crippen molar-refractivity contribution in [3.05, 3.63) is 113 Å². The minimum Gasteiger partial charge on any atom is -0.493 e. The highest BCUT2D eigenvalue weighted by molar-refractivity contribution is 6.04. The van der Waals surface area contributed by atoms with Gasteiger partial charge in [-0.15, -0.1) is 0 Å². The quantitative estimate of drug-likeness (QED) is 0.149. The third kappa shape index (κ3) is 8.25. The van der Waals surface area contributed by atoms with Crippen molar-refractivity contribution in [1.82, 2.24) is 9.55 Å². The molecule has 5 aromatic rings. The number of ether oxygens (including phenoxy) is 4. The molecule has 3 aromatic carbocycles. The second kappa shape index (κ2) is 16.0. The van der Waals surface area contributed by atoms with Gasteiger partial charge in [0.15, 0.2) is 11.5 Å². The lowest BCUT2D eigenvalue weighted by Crippen LogP contribution is -2.36. The number of aryl methyl sites for hydroxylation is 1. The van der Waals surface area contributed by atoms with Crippen LogP contribution in [0.25, 0.3) is 33.4 Å². The van der Waals surface area contributed by atoms with E-state index in [9.17, 15) is 18.4 Å². The van der Waals surface area contributed by atoms with Crippen LogP contribution >= 0.6 is 0 Å². The predicted octanol–water partition coefficient (Wildman–Crippen LogP) is 6.63. The zero-order valence-electron chi connectivity index (χ0n) is 28.2. The highest BCUT2D eigenvalue weighted by Gasteiger charge is 2.23. The van der Waals surface area contributed by atoms with Crippen molar-refractivity contribution in [2.75, 3.05) is 51.3 Å². The Morgan fingerprint density at radius 1 is 0.980 bits per heavy atom. The number of methoxy groups -OCH3 is 1. The molecular formula is C39H38F2N4O6. The van der Waals surface area contributed by atoms with E-state index in [0.717, 1.165) is 16.7 Å². The number of anilines is 2. The number of hydrogen-bond acceptors (Lipinski definition) is 8. The molecule has 1 fully saturated rings. The summed E-state index contributed by atoms with van der Waals surface area (Å²) in [7, 11) is 1.59. The van der Waals surface area contributed by atoms with Crippen LogP contribution in [0.2, 0.25) is 0 Å². The van der Waals surface area contributed by atoms with Crippen LogP contribution in [0.1, 0.15) is 17.3 Å².